The lowest BCUT2D eigenvalue weighted by Gasteiger charge is -2.33. The van der Waals surface area contributed by atoms with Crippen LogP contribution < -0.4 is 4.74 Å². The van der Waals surface area contributed by atoms with Crippen LogP contribution in [0.1, 0.15) is 0 Å². The molecule has 2 aromatic rings. The number of rotatable bonds is 11. The average Bonchev–Trinajstić information content (AvgIpc) is 2.70. The number of ether oxygens (including phenoxy) is 4. The van der Waals surface area contributed by atoms with E-state index in [1.165, 1.54) is 36.4 Å². The number of benzene rings is 2. The monoisotopic (exact) mass is 566 g/mol. The maximum Gasteiger partial charge on any atom is 0.527 e. The van der Waals surface area contributed by atoms with Gasteiger partial charge in [0.25, 0.3) is 0 Å². The van der Waals surface area contributed by atoms with Crippen LogP contribution >= 0.6 is 0 Å². The zero-order chi connectivity index (χ0) is 28.5. The molecule has 0 atom stereocenters. The summed E-state index contributed by atoms with van der Waals surface area (Å²) in [6.07, 6.45) is -39.9. The Morgan fingerprint density at radius 1 is 0.514 bits per heavy atom. The Bertz CT molecular complexity index is 1040. The van der Waals surface area contributed by atoms with Crippen molar-refractivity contribution in [3.63, 3.8) is 0 Å². The second-order valence-electron chi connectivity index (χ2n) is 6.82. The van der Waals surface area contributed by atoms with Gasteiger partial charge in [0.2, 0.25) is 0 Å². The second kappa shape index (κ2) is 10.1. The molecule has 0 amide bonds. The zero-order valence-corrected chi connectivity index (χ0v) is 17.3. The summed E-state index contributed by atoms with van der Waals surface area (Å²) in [7, 11) is 0. The highest BCUT2D eigenvalue weighted by Crippen LogP contribution is 2.48. The minimum absolute atomic E-state index is 0.0641. The number of alkyl halides is 13. The molecule has 0 saturated carbocycles. The highest BCUT2D eigenvalue weighted by Gasteiger charge is 2.74. The van der Waals surface area contributed by atoms with E-state index in [9.17, 15) is 62.2 Å². The van der Waals surface area contributed by atoms with Gasteiger partial charge in [0.05, 0.1) is 0 Å². The standard InChI is InChI=1S/C19H11F13O5/c20-14(21,9-34-13-7-3-11(4-8-13)10-1-5-12(33)6-2-10)35-15(22,23)16(24,25)36-17(26,27)18(28,29)37-19(30,31)32/h1-8,33H,9H2. The molecule has 2 aromatic carbocycles. The molecule has 0 fully saturated rings. The predicted octanol–water partition coefficient (Wildman–Crippen LogP) is 6.97. The van der Waals surface area contributed by atoms with Crippen molar-refractivity contribution in [1.29, 1.82) is 0 Å². The maximum absolute atomic E-state index is 13.7. The van der Waals surface area contributed by atoms with Crippen molar-refractivity contribution in [2.45, 2.75) is 36.9 Å². The Labute approximate surface area is 196 Å². The van der Waals surface area contributed by atoms with Crippen molar-refractivity contribution in [3.05, 3.63) is 48.5 Å². The summed E-state index contributed by atoms with van der Waals surface area (Å²) in [5.41, 5.74) is 0.980. The third-order valence-corrected chi connectivity index (χ3v) is 3.92. The van der Waals surface area contributed by atoms with Crippen molar-refractivity contribution in [1.82, 2.24) is 0 Å². The summed E-state index contributed by atoms with van der Waals surface area (Å²) in [6, 6.07) is 10.1. The molecule has 37 heavy (non-hydrogen) atoms. The van der Waals surface area contributed by atoms with E-state index in [4.69, 9.17) is 0 Å². The van der Waals surface area contributed by atoms with Crippen molar-refractivity contribution >= 4 is 0 Å². The maximum atomic E-state index is 13.7. The first-order valence-electron chi connectivity index (χ1n) is 9.14. The van der Waals surface area contributed by atoms with Crippen molar-refractivity contribution in [2.75, 3.05) is 6.61 Å². The first-order chi connectivity index (χ1) is 16.6. The minimum Gasteiger partial charge on any atom is -0.508 e. The van der Waals surface area contributed by atoms with Gasteiger partial charge in [0.15, 0.2) is 6.61 Å². The number of hydrogen-bond acceptors (Lipinski definition) is 5. The van der Waals surface area contributed by atoms with Gasteiger partial charge in [0, 0.05) is 0 Å². The molecular weight excluding hydrogens is 555 g/mol. The molecule has 2 rings (SSSR count). The second-order valence-corrected chi connectivity index (χ2v) is 6.82. The van der Waals surface area contributed by atoms with Crippen molar-refractivity contribution in [3.8, 4) is 22.6 Å². The molecular formula is C19H11F13O5. The number of halogens is 13. The number of phenols is 1. The van der Waals surface area contributed by atoms with Crippen molar-refractivity contribution < 1.29 is 81.1 Å². The lowest BCUT2D eigenvalue weighted by Crippen LogP contribution is -2.57. The fourth-order valence-electron chi connectivity index (χ4n) is 2.33. The average molecular weight is 566 g/mol. The molecule has 0 aromatic heterocycles. The largest absolute Gasteiger partial charge is 0.527 e. The van der Waals surface area contributed by atoms with Gasteiger partial charge in [0.1, 0.15) is 11.5 Å². The SMILES string of the molecule is Oc1ccc(-c2ccc(OCC(F)(F)OC(F)(F)C(F)(F)OC(F)(F)C(F)(F)OC(F)(F)F)cc2)cc1. The van der Waals surface area contributed by atoms with E-state index in [1.54, 1.807) is 9.47 Å². The molecule has 0 unspecified atom stereocenters. The first kappa shape index (κ1) is 30.2. The molecule has 0 spiro atoms. The molecule has 0 saturated heterocycles. The third kappa shape index (κ3) is 8.00. The van der Waals surface area contributed by atoms with Gasteiger partial charge < -0.3 is 9.84 Å². The fourth-order valence-corrected chi connectivity index (χ4v) is 2.33. The van der Waals surface area contributed by atoms with Crippen LogP contribution in [-0.4, -0.2) is 48.6 Å². The molecule has 0 aliphatic rings. The summed E-state index contributed by atoms with van der Waals surface area (Å²) in [4.78, 5) is 0. The molecule has 0 aliphatic carbocycles. The Kier molecular flexibility index (Phi) is 8.21. The van der Waals surface area contributed by atoms with Gasteiger partial charge in [-0.05, 0) is 35.4 Å². The van der Waals surface area contributed by atoms with Crippen LogP contribution in [0.4, 0.5) is 57.1 Å². The van der Waals surface area contributed by atoms with Crippen LogP contribution in [0.15, 0.2) is 48.5 Å². The molecule has 0 bridgehead atoms. The van der Waals surface area contributed by atoms with E-state index in [1.807, 2.05) is 0 Å². The quantitative estimate of drug-likeness (QED) is 0.298. The molecule has 0 radical (unpaired) electrons. The van der Waals surface area contributed by atoms with Crippen LogP contribution in [0.3, 0.4) is 0 Å². The van der Waals surface area contributed by atoms with E-state index in [-0.39, 0.29) is 5.75 Å². The Hall–Kier alpha value is -2.99. The van der Waals surface area contributed by atoms with Gasteiger partial charge in [-0.3, -0.25) is 0 Å². The number of phenolic OH excluding ortho intramolecular Hbond substituents is 1. The smallest absolute Gasteiger partial charge is 0.508 e. The zero-order valence-electron chi connectivity index (χ0n) is 17.3. The van der Waals surface area contributed by atoms with E-state index in [2.05, 4.69) is 9.47 Å². The Balaban J connectivity index is 2.06. The van der Waals surface area contributed by atoms with Gasteiger partial charge in [-0.25, -0.2) is 14.2 Å². The highest BCUT2D eigenvalue weighted by atomic mass is 19.4. The lowest BCUT2D eigenvalue weighted by atomic mass is 10.1. The Morgan fingerprint density at radius 2 is 0.892 bits per heavy atom. The molecule has 0 heterocycles. The molecule has 1 N–H and O–H groups in total. The lowest BCUT2D eigenvalue weighted by molar-refractivity contribution is -0.564. The summed E-state index contributed by atoms with van der Waals surface area (Å²) >= 11 is 0. The Morgan fingerprint density at radius 3 is 1.32 bits per heavy atom. The van der Waals surface area contributed by atoms with E-state index in [0.717, 1.165) is 12.1 Å². The normalized spacial score (nSPS) is 14.1. The number of aromatic hydroxyl groups is 1. The predicted molar refractivity (Wildman–Crippen MR) is 93.1 cm³/mol. The molecule has 5 nitrogen and oxygen atoms in total. The van der Waals surface area contributed by atoms with Crippen LogP contribution in [0.5, 0.6) is 11.5 Å². The summed E-state index contributed by atoms with van der Waals surface area (Å²) in [6.45, 7) is -2.25. The van der Waals surface area contributed by atoms with E-state index < -0.39 is 49.3 Å². The third-order valence-electron chi connectivity index (χ3n) is 3.92. The molecule has 208 valence electrons. The molecule has 0 aliphatic heterocycles. The first-order valence-corrected chi connectivity index (χ1v) is 9.14. The van der Waals surface area contributed by atoms with Crippen LogP contribution in [0, 0.1) is 0 Å². The van der Waals surface area contributed by atoms with Gasteiger partial charge >= 0.3 is 36.9 Å². The van der Waals surface area contributed by atoms with Crippen molar-refractivity contribution in [2.24, 2.45) is 0 Å². The van der Waals surface area contributed by atoms with E-state index in [0.29, 0.717) is 11.1 Å². The topological polar surface area (TPSA) is 57.2 Å². The fraction of sp³-hybridized carbons (Fsp3) is 0.368. The number of hydrogen-bond donors (Lipinski definition) is 1. The molecule has 18 heteroatoms. The van der Waals surface area contributed by atoms with Gasteiger partial charge in [-0.2, -0.15) is 43.9 Å². The summed E-state index contributed by atoms with van der Waals surface area (Å²) in [5, 5.41) is 9.23. The van der Waals surface area contributed by atoms with Crippen LogP contribution in [0.25, 0.3) is 11.1 Å². The van der Waals surface area contributed by atoms with Gasteiger partial charge in [-0.15, -0.1) is 13.2 Å². The van der Waals surface area contributed by atoms with Gasteiger partial charge in [-0.1, -0.05) is 24.3 Å². The summed E-state index contributed by atoms with van der Waals surface area (Å²) in [5.74, 6) is -0.529. The highest BCUT2D eigenvalue weighted by molar-refractivity contribution is 5.64. The van der Waals surface area contributed by atoms with Crippen LogP contribution in [0.2, 0.25) is 0 Å². The van der Waals surface area contributed by atoms with E-state index >= 15 is 0 Å². The summed E-state index contributed by atoms with van der Waals surface area (Å²) < 4.78 is 178. The van der Waals surface area contributed by atoms with Crippen LogP contribution in [-0.2, 0) is 14.2 Å². The minimum atomic E-state index is -7.11.